The first-order valence-corrected chi connectivity index (χ1v) is 24.4. The van der Waals surface area contributed by atoms with Gasteiger partial charge >= 0.3 is 0 Å². The molecule has 7 rings (SSSR count). The minimum atomic E-state index is -3.82. The van der Waals surface area contributed by atoms with E-state index < -0.39 is 10.0 Å². The Balaban J connectivity index is 0.000000181. The number of piperazine rings is 1. The lowest BCUT2D eigenvalue weighted by atomic mass is 10.2. The Kier molecular flexibility index (Phi) is 17.6. The fourth-order valence-electron chi connectivity index (χ4n) is 5.72. The number of carbonyl (C=O) groups excluding carboxylic acids is 1. The molecule has 0 atom stereocenters. The maximum Gasteiger partial charge on any atom is 0.267 e. The number of rotatable bonds is 10. The van der Waals surface area contributed by atoms with E-state index in [0.29, 0.717) is 31.2 Å². The van der Waals surface area contributed by atoms with Crippen LogP contribution in [0.3, 0.4) is 0 Å². The minimum absolute atomic E-state index is 0.108. The number of likely N-dealkylation sites (N-methyl/N-ethyl adjacent to an activating group) is 1. The van der Waals surface area contributed by atoms with Gasteiger partial charge in [0, 0.05) is 64.4 Å². The number of halogens is 4. The predicted octanol–water partition coefficient (Wildman–Crippen LogP) is 10.0. The number of phenols is 2. The van der Waals surface area contributed by atoms with Gasteiger partial charge in [0.25, 0.3) is 10.0 Å². The van der Waals surface area contributed by atoms with E-state index in [-0.39, 0.29) is 36.9 Å². The molecule has 1 saturated heterocycles. The number of hydrogen-bond acceptors (Lipinski definition) is 14. The van der Waals surface area contributed by atoms with Crippen molar-refractivity contribution in [2.45, 2.75) is 49.1 Å². The number of sulfonamides is 1. The normalized spacial score (nSPS) is 14.0. The Morgan fingerprint density at radius 1 is 0.864 bits per heavy atom. The molecule has 1 fully saturated rings. The van der Waals surface area contributed by atoms with Crippen LogP contribution >= 0.6 is 93.0 Å². The van der Waals surface area contributed by atoms with Crippen LogP contribution in [0.5, 0.6) is 11.5 Å². The lowest BCUT2D eigenvalue weighted by Crippen LogP contribution is -2.45. The number of thioether (sulfide) groups is 1. The third-order valence-corrected chi connectivity index (χ3v) is 14.7. The van der Waals surface area contributed by atoms with Gasteiger partial charge < -0.3 is 30.2 Å². The number of amides is 1. The Labute approximate surface area is 380 Å². The van der Waals surface area contributed by atoms with E-state index in [4.69, 9.17) is 51.5 Å². The second kappa shape index (κ2) is 21.9. The highest BCUT2D eigenvalue weighted by molar-refractivity contribution is 8.00. The number of para-hydroxylation sites is 1. The van der Waals surface area contributed by atoms with E-state index in [1.165, 1.54) is 96.4 Å². The van der Waals surface area contributed by atoms with Gasteiger partial charge in [-0.1, -0.05) is 100 Å². The summed E-state index contributed by atoms with van der Waals surface area (Å²) < 4.78 is 21.1. The number of aromatic nitrogens is 2. The van der Waals surface area contributed by atoms with Gasteiger partial charge in [0.15, 0.2) is 0 Å². The number of aromatic hydroxyl groups is 2. The van der Waals surface area contributed by atoms with Crippen LogP contribution in [0.4, 0.5) is 16.5 Å². The highest BCUT2D eigenvalue weighted by atomic mass is 35.5. The summed E-state index contributed by atoms with van der Waals surface area (Å²) in [5.41, 5.74) is 2.75. The Morgan fingerprint density at radius 2 is 1.47 bits per heavy atom. The number of nitrogens with zero attached hydrogens (tertiary/aromatic N) is 5. The standard InChI is InChI=1S/C22H29N3S2.C12H6Cl4O2S.C4H6N4O3S2/c1-3-26-18-9-10-22-20(17-18)25(19-7-4-5-8-21(19)27-22)12-6-11-24-15-13-23(2)14-16-24;13-5-1-7(15)11(17)9(3-5)19-10-4-6(14)2-8(16)12(10)18;1-2(9)6-3-7-8-4(12-3)13(5,10)11/h4-5,7-10,17H,3,6,11-16H2,1-2H3;1-4,17-18H;1H3,(H2,5,10,11)(H,6,7,9). The number of phenolic OH excluding ortho intramolecular Hbond substituents is 2. The van der Waals surface area contributed by atoms with Crippen LogP contribution in [0.2, 0.25) is 20.1 Å². The van der Waals surface area contributed by atoms with E-state index >= 15 is 0 Å². The summed E-state index contributed by atoms with van der Waals surface area (Å²) in [5.74, 6) is 0.529. The van der Waals surface area contributed by atoms with Crippen LogP contribution in [-0.2, 0) is 14.8 Å². The molecule has 4 aromatic carbocycles. The molecule has 3 heterocycles. The monoisotopic (exact) mass is 975 g/mol. The molecule has 5 N–H and O–H groups in total. The Bertz CT molecular complexity index is 2310. The van der Waals surface area contributed by atoms with Crippen molar-refractivity contribution in [1.82, 2.24) is 20.0 Å². The summed E-state index contributed by atoms with van der Waals surface area (Å²) in [6, 6.07) is 21.7. The fraction of sp³-hybridized carbons (Fsp3) is 0.289. The number of nitrogens with two attached hydrogens (primary N) is 1. The van der Waals surface area contributed by atoms with Crippen LogP contribution in [0, 0.1) is 0 Å². The van der Waals surface area contributed by atoms with Crippen molar-refractivity contribution in [3.8, 4) is 11.5 Å². The van der Waals surface area contributed by atoms with Crippen molar-refractivity contribution in [3.05, 3.63) is 86.8 Å². The number of carbonyl (C=O) groups is 1. The number of fused-ring (bicyclic) bond motifs is 2. The largest absolute Gasteiger partial charge is 0.505 e. The Morgan fingerprint density at radius 3 is 2.05 bits per heavy atom. The predicted molar refractivity (Wildman–Crippen MR) is 245 cm³/mol. The number of anilines is 3. The quantitative estimate of drug-likeness (QED) is 0.0773. The van der Waals surface area contributed by atoms with E-state index in [2.05, 4.69) is 86.6 Å². The summed E-state index contributed by atoms with van der Waals surface area (Å²) in [6.07, 6.45) is 1.20. The second-order valence-electron chi connectivity index (χ2n) is 13.0. The number of primary sulfonamides is 1. The first kappa shape index (κ1) is 47.4. The third kappa shape index (κ3) is 13.7. The first-order valence-electron chi connectivity index (χ1n) is 17.9. The SMILES string of the molecule is CC(=O)Nc1nnc(S(N)(=O)=O)s1.CCSc1ccc2c(c1)N(CCCN1CCN(C)CC1)c1ccccc1S2.Oc1c(Cl)cc(Cl)cc1Sc1cc(Cl)cc(Cl)c1O. The average molecular weight is 978 g/mol. The molecule has 1 amide bonds. The number of benzene rings is 4. The van der Waals surface area contributed by atoms with Crippen LogP contribution in [-0.4, -0.2) is 96.6 Å². The first-order chi connectivity index (χ1) is 28.0. The molecule has 316 valence electrons. The summed E-state index contributed by atoms with van der Waals surface area (Å²) in [5, 5.41) is 34.5. The summed E-state index contributed by atoms with van der Waals surface area (Å²) in [6.45, 7) is 10.6. The molecule has 59 heavy (non-hydrogen) atoms. The molecule has 0 unspecified atom stereocenters. The van der Waals surface area contributed by atoms with E-state index in [1.807, 2.05) is 23.5 Å². The van der Waals surface area contributed by atoms with Crippen LogP contribution in [0.1, 0.15) is 20.3 Å². The molecule has 12 nitrogen and oxygen atoms in total. The molecule has 0 spiro atoms. The number of hydrogen-bond donors (Lipinski definition) is 4. The van der Waals surface area contributed by atoms with Crippen molar-refractivity contribution in [1.29, 1.82) is 0 Å². The molecule has 1 aromatic heterocycles. The molecular weight excluding hydrogens is 937 g/mol. The van der Waals surface area contributed by atoms with Gasteiger partial charge in [-0.15, -0.1) is 22.0 Å². The molecule has 2 aliphatic rings. The molecule has 2 aliphatic heterocycles. The molecule has 0 aliphatic carbocycles. The molecule has 0 saturated carbocycles. The van der Waals surface area contributed by atoms with Gasteiger partial charge in [0.2, 0.25) is 15.4 Å². The maximum atomic E-state index is 10.7. The lowest BCUT2D eigenvalue weighted by molar-refractivity contribution is -0.114. The van der Waals surface area contributed by atoms with Crippen LogP contribution in [0.15, 0.2) is 95.5 Å². The molecule has 0 radical (unpaired) electrons. The van der Waals surface area contributed by atoms with Crippen molar-refractivity contribution < 1.29 is 23.4 Å². The summed E-state index contributed by atoms with van der Waals surface area (Å²) >= 11 is 29.0. The topological polar surface area (TPSA) is 165 Å². The van der Waals surface area contributed by atoms with E-state index in [0.717, 1.165) is 24.1 Å². The van der Waals surface area contributed by atoms with Gasteiger partial charge in [-0.05, 0) is 80.4 Å². The lowest BCUT2D eigenvalue weighted by Gasteiger charge is -2.35. The molecular formula is C38H41Cl4N7O5S5. The summed E-state index contributed by atoms with van der Waals surface area (Å²) in [4.78, 5) is 23.0. The maximum absolute atomic E-state index is 10.7. The zero-order chi connectivity index (χ0) is 42.9. The second-order valence-corrected chi connectivity index (χ2v) is 20.9. The van der Waals surface area contributed by atoms with E-state index in [9.17, 15) is 23.4 Å². The highest BCUT2D eigenvalue weighted by Crippen LogP contribution is 2.49. The van der Waals surface area contributed by atoms with Crippen LogP contribution in [0.25, 0.3) is 0 Å². The van der Waals surface area contributed by atoms with Gasteiger partial charge in [0.05, 0.1) is 31.2 Å². The third-order valence-electron chi connectivity index (χ3n) is 8.50. The fourth-order valence-corrected chi connectivity index (χ4v) is 11.1. The van der Waals surface area contributed by atoms with Crippen molar-refractivity contribution in [2.24, 2.45) is 5.14 Å². The van der Waals surface area contributed by atoms with Crippen LogP contribution < -0.4 is 15.4 Å². The number of nitrogens with one attached hydrogen (secondary N) is 1. The van der Waals surface area contributed by atoms with Gasteiger partial charge in [-0.25, -0.2) is 13.6 Å². The van der Waals surface area contributed by atoms with Gasteiger partial charge in [0.1, 0.15) is 11.5 Å². The van der Waals surface area contributed by atoms with Crippen molar-refractivity contribution in [3.63, 3.8) is 0 Å². The minimum Gasteiger partial charge on any atom is -0.505 e. The van der Waals surface area contributed by atoms with Gasteiger partial charge in [-0.3, -0.25) is 4.79 Å². The molecule has 5 aromatic rings. The smallest absolute Gasteiger partial charge is 0.267 e. The van der Waals surface area contributed by atoms with Gasteiger partial charge in [-0.2, -0.15) is 0 Å². The highest BCUT2D eigenvalue weighted by Gasteiger charge is 2.24. The Hall–Kier alpha value is -2.65. The van der Waals surface area contributed by atoms with Crippen molar-refractivity contribution in [2.75, 3.05) is 62.3 Å². The zero-order valence-electron chi connectivity index (χ0n) is 32.0. The average Bonchev–Trinajstić information content (AvgIpc) is 3.66. The summed E-state index contributed by atoms with van der Waals surface area (Å²) in [7, 11) is -1.60. The van der Waals surface area contributed by atoms with E-state index in [1.54, 1.807) is 0 Å². The van der Waals surface area contributed by atoms with Crippen molar-refractivity contribution >= 4 is 125 Å². The molecule has 0 bridgehead atoms. The zero-order valence-corrected chi connectivity index (χ0v) is 39.1. The molecule has 21 heteroatoms.